The summed E-state index contributed by atoms with van der Waals surface area (Å²) in [4.78, 5) is 12.3. The Kier molecular flexibility index (Phi) is 2.72. The fourth-order valence-corrected chi connectivity index (χ4v) is 4.60. The van der Waals surface area contributed by atoms with Crippen LogP contribution >= 0.6 is 0 Å². The third kappa shape index (κ3) is 1.55. The van der Waals surface area contributed by atoms with E-state index in [2.05, 4.69) is 6.92 Å². The number of carbonyl (C=O) groups excluding carboxylic acids is 1. The molecule has 0 aromatic heterocycles. The van der Waals surface area contributed by atoms with Crippen LogP contribution in [0.3, 0.4) is 0 Å². The van der Waals surface area contributed by atoms with Crippen LogP contribution in [-0.4, -0.2) is 27.7 Å². The van der Waals surface area contributed by atoms with Crippen LogP contribution in [0, 0.1) is 5.92 Å². The van der Waals surface area contributed by atoms with Gasteiger partial charge >= 0.3 is 0 Å². The number of aliphatic hydroxyl groups is 2. The number of rotatable bonds is 2. The van der Waals surface area contributed by atoms with Gasteiger partial charge in [-0.05, 0) is 24.3 Å². The van der Waals surface area contributed by atoms with E-state index >= 15 is 0 Å². The van der Waals surface area contributed by atoms with Crippen molar-refractivity contribution in [2.75, 3.05) is 0 Å². The molecular weight excluding hydrogens is 268 g/mol. The molecule has 4 heteroatoms. The van der Waals surface area contributed by atoms with Crippen molar-refractivity contribution in [3.8, 4) is 5.75 Å². The van der Waals surface area contributed by atoms with Crippen molar-refractivity contribution >= 4 is 5.78 Å². The molecule has 1 fully saturated rings. The fraction of sp³-hybridized carbons (Fsp3) is 0.588. The molecule has 0 amide bonds. The van der Waals surface area contributed by atoms with Crippen LogP contribution in [-0.2, 0) is 17.8 Å². The zero-order valence-corrected chi connectivity index (χ0v) is 12.1. The van der Waals surface area contributed by atoms with Crippen LogP contribution in [0.2, 0.25) is 0 Å². The van der Waals surface area contributed by atoms with E-state index in [-0.39, 0.29) is 24.2 Å². The predicted octanol–water partition coefficient (Wildman–Crippen LogP) is 1.70. The molecule has 21 heavy (non-hydrogen) atoms. The molecule has 4 atom stereocenters. The third-order valence-corrected chi connectivity index (χ3v) is 5.69. The number of ether oxygens (including phenoxy) is 1. The van der Waals surface area contributed by atoms with Crippen LogP contribution < -0.4 is 4.74 Å². The van der Waals surface area contributed by atoms with E-state index in [1.54, 1.807) is 0 Å². The van der Waals surface area contributed by atoms with Crippen LogP contribution in [0.25, 0.3) is 0 Å². The highest BCUT2D eigenvalue weighted by Crippen LogP contribution is 2.58. The molecule has 0 bridgehead atoms. The van der Waals surface area contributed by atoms with Gasteiger partial charge in [0.25, 0.3) is 0 Å². The smallest absolute Gasteiger partial charge is 0.174 e. The number of hydrogen-bond acceptors (Lipinski definition) is 4. The van der Waals surface area contributed by atoms with E-state index in [4.69, 9.17) is 4.74 Å². The van der Waals surface area contributed by atoms with E-state index in [1.807, 2.05) is 12.1 Å². The van der Waals surface area contributed by atoms with Crippen LogP contribution in [0.1, 0.15) is 48.8 Å². The number of benzene rings is 1. The normalized spacial score (nSPS) is 36.3. The van der Waals surface area contributed by atoms with Crippen molar-refractivity contribution in [2.24, 2.45) is 5.92 Å². The summed E-state index contributed by atoms with van der Waals surface area (Å²) >= 11 is 0. The maximum atomic E-state index is 12.3. The maximum Gasteiger partial charge on any atom is 0.174 e. The number of ketones is 1. The largest absolute Gasteiger partial charge is 0.481 e. The Morgan fingerprint density at radius 2 is 2.24 bits per heavy atom. The molecule has 1 aliphatic heterocycles. The van der Waals surface area contributed by atoms with Crippen molar-refractivity contribution in [3.05, 3.63) is 28.8 Å². The Morgan fingerprint density at radius 3 is 2.95 bits per heavy atom. The second-order valence-electron chi connectivity index (χ2n) is 6.57. The monoisotopic (exact) mass is 288 g/mol. The van der Waals surface area contributed by atoms with Gasteiger partial charge < -0.3 is 14.9 Å². The van der Waals surface area contributed by atoms with Crippen LogP contribution in [0.4, 0.5) is 0 Å². The first kappa shape index (κ1) is 13.3. The molecule has 1 heterocycles. The fourth-order valence-electron chi connectivity index (χ4n) is 4.60. The van der Waals surface area contributed by atoms with Crippen LogP contribution in [0.15, 0.2) is 12.1 Å². The van der Waals surface area contributed by atoms with Gasteiger partial charge in [-0.2, -0.15) is 0 Å². The molecule has 1 aromatic carbocycles. The second-order valence-corrected chi connectivity index (χ2v) is 6.57. The van der Waals surface area contributed by atoms with Gasteiger partial charge in [0.2, 0.25) is 0 Å². The first-order valence-corrected chi connectivity index (χ1v) is 7.77. The molecule has 4 rings (SSSR count). The minimum absolute atomic E-state index is 0.0764. The second kappa shape index (κ2) is 4.31. The summed E-state index contributed by atoms with van der Waals surface area (Å²) in [6.07, 6.45) is 2.05. The Hall–Kier alpha value is -1.39. The van der Waals surface area contributed by atoms with Gasteiger partial charge in [-0.25, -0.2) is 0 Å². The van der Waals surface area contributed by atoms with Gasteiger partial charge in [-0.15, -0.1) is 0 Å². The minimum Gasteiger partial charge on any atom is -0.481 e. The van der Waals surface area contributed by atoms with Gasteiger partial charge in [0, 0.05) is 17.5 Å². The highest BCUT2D eigenvalue weighted by Gasteiger charge is 2.60. The first-order chi connectivity index (χ1) is 10.1. The summed E-state index contributed by atoms with van der Waals surface area (Å²) < 4.78 is 5.92. The Morgan fingerprint density at radius 1 is 1.43 bits per heavy atom. The lowest BCUT2D eigenvalue weighted by atomic mass is 9.59. The van der Waals surface area contributed by atoms with Crippen molar-refractivity contribution in [3.63, 3.8) is 0 Å². The molecule has 0 radical (unpaired) electrons. The number of hydrogen-bond donors (Lipinski definition) is 2. The summed E-state index contributed by atoms with van der Waals surface area (Å²) in [6, 6.07) is 3.91. The van der Waals surface area contributed by atoms with Gasteiger partial charge in [0.1, 0.15) is 5.75 Å². The van der Waals surface area contributed by atoms with Gasteiger partial charge in [-0.1, -0.05) is 25.5 Å². The summed E-state index contributed by atoms with van der Waals surface area (Å²) in [6.45, 7) is 1.99. The lowest BCUT2D eigenvalue weighted by Gasteiger charge is -2.48. The molecule has 0 spiro atoms. The van der Waals surface area contributed by atoms with Gasteiger partial charge in [0.15, 0.2) is 11.9 Å². The predicted molar refractivity (Wildman–Crippen MR) is 76.2 cm³/mol. The molecule has 0 saturated heterocycles. The van der Waals surface area contributed by atoms with Gasteiger partial charge in [-0.3, -0.25) is 4.79 Å². The highest BCUT2D eigenvalue weighted by atomic mass is 16.5. The first-order valence-electron chi connectivity index (χ1n) is 7.77. The average Bonchev–Trinajstić information content (AvgIpc) is 2.91. The molecule has 112 valence electrons. The van der Waals surface area contributed by atoms with E-state index < -0.39 is 11.7 Å². The quantitative estimate of drug-likeness (QED) is 0.869. The molecule has 1 unspecified atom stereocenters. The molecule has 4 nitrogen and oxygen atoms in total. The zero-order chi connectivity index (χ0) is 14.8. The van der Waals surface area contributed by atoms with E-state index in [0.29, 0.717) is 24.2 Å². The summed E-state index contributed by atoms with van der Waals surface area (Å²) in [5.74, 6) is 0.634. The minimum atomic E-state index is -0.848. The van der Waals surface area contributed by atoms with Crippen molar-refractivity contribution < 1.29 is 19.7 Å². The van der Waals surface area contributed by atoms with Gasteiger partial charge in [0.05, 0.1) is 18.1 Å². The molecule has 3 aliphatic rings. The van der Waals surface area contributed by atoms with Crippen molar-refractivity contribution in [2.45, 2.75) is 56.8 Å². The number of carbonyl (C=O) groups is 1. The van der Waals surface area contributed by atoms with E-state index in [0.717, 1.165) is 18.4 Å². The van der Waals surface area contributed by atoms with Crippen LogP contribution in [0.5, 0.6) is 5.75 Å². The molecule has 2 N–H and O–H groups in total. The topological polar surface area (TPSA) is 66.8 Å². The number of Topliss-reactive ketones (excluding diaryl/α,β-unsaturated/α-hetero) is 1. The molecule has 1 saturated carbocycles. The number of aliphatic hydroxyl groups excluding tert-OH is 1. The Balaban J connectivity index is 1.95. The standard InChI is InChI=1S/C17H20O4/c1-2-11-7-9-3-4-10(8-18)15-13(9)14-16(21-15)12(19)5-6-17(11,14)20/h3-4,11,14,16,18,20H,2,5-8H2,1H3/t11-,14?,16+,17-/m1/s1. The molecule has 2 aliphatic carbocycles. The van der Waals surface area contributed by atoms with E-state index in [1.165, 1.54) is 5.56 Å². The zero-order valence-electron chi connectivity index (χ0n) is 12.1. The van der Waals surface area contributed by atoms with Crippen molar-refractivity contribution in [1.29, 1.82) is 0 Å². The Labute approximate surface area is 123 Å². The molecule has 1 aromatic rings. The average molecular weight is 288 g/mol. The Bertz CT molecular complexity index is 623. The third-order valence-electron chi connectivity index (χ3n) is 5.69. The lowest BCUT2D eigenvalue weighted by Crippen LogP contribution is -2.56. The lowest BCUT2D eigenvalue weighted by molar-refractivity contribution is -0.144. The van der Waals surface area contributed by atoms with Crippen molar-refractivity contribution in [1.82, 2.24) is 0 Å². The molecular formula is C17H20O4. The highest BCUT2D eigenvalue weighted by molar-refractivity contribution is 5.88. The maximum absolute atomic E-state index is 12.3. The van der Waals surface area contributed by atoms with E-state index in [9.17, 15) is 15.0 Å². The summed E-state index contributed by atoms with van der Waals surface area (Å²) in [7, 11) is 0. The summed E-state index contributed by atoms with van der Waals surface area (Å²) in [5, 5.41) is 20.8. The summed E-state index contributed by atoms with van der Waals surface area (Å²) in [5.41, 5.74) is 2.01. The SMILES string of the molecule is CC[C@@H]1Cc2ccc(CO)c3c2C2[C@@H](O3)C(=O)CC[C@]21O.